The van der Waals surface area contributed by atoms with Crippen molar-refractivity contribution in [3.05, 3.63) is 32.9 Å². The molecule has 1 aromatic rings. The van der Waals surface area contributed by atoms with E-state index in [0.29, 0.717) is 13.1 Å². The predicted molar refractivity (Wildman–Crippen MR) is 68.5 cm³/mol. The van der Waals surface area contributed by atoms with Crippen LogP contribution in [0.15, 0.2) is 23.2 Å². The summed E-state index contributed by atoms with van der Waals surface area (Å²) in [5.74, 6) is -0.0505. The van der Waals surface area contributed by atoms with Crippen LogP contribution in [0.25, 0.3) is 0 Å². The van der Waals surface area contributed by atoms with Crippen LogP contribution in [0.4, 0.5) is 0 Å². The lowest BCUT2D eigenvalue weighted by atomic mass is 10.1. The summed E-state index contributed by atoms with van der Waals surface area (Å²) in [4.78, 5) is 24.2. The molecular weight excluding hydrogens is 319 g/mol. The summed E-state index contributed by atoms with van der Waals surface area (Å²) in [6.07, 6.45) is 1.51. The van der Waals surface area contributed by atoms with Gasteiger partial charge in [-0.25, -0.2) is 9.79 Å². The van der Waals surface area contributed by atoms with E-state index < -0.39 is 0 Å². The number of nitrogens with zero attached hydrogens (tertiary/aromatic N) is 1. The van der Waals surface area contributed by atoms with E-state index >= 15 is 0 Å². The maximum Gasteiger partial charge on any atom is 0.235 e. The van der Waals surface area contributed by atoms with Crippen LogP contribution >= 0.6 is 22.6 Å². The topological polar surface area (TPSA) is 58.5 Å². The molecular formula is C11H11IN2O2. The molecule has 84 valence electrons. The van der Waals surface area contributed by atoms with Crippen LogP contribution in [0.5, 0.6) is 0 Å². The second kappa shape index (κ2) is 6.40. The van der Waals surface area contributed by atoms with Crippen LogP contribution in [-0.4, -0.2) is 12.0 Å². The third-order valence-electron chi connectivity index (χ3n) is 1.97. The Morgan fingerprint density at radius 1 is 1.56 bits per heavy atom. The first kappa shape index (κ1) is 12.9. The molecule has 0 fully saturated rings. The molecule has 0 heterocycles. The molecule has 1 aromatic carbocycles. The Balaban J connectivity index is 2.74. The quantitative estimate of drug-likeness (QED) is 0.520. The molecule has 0 unspecified atom stereocenters. The van der Waals surface area contributed by atoms with Crippen LogP contribution in [0.2, 0.25) is 0 Å². The first-order valence-corrected chi connectivity index (χ1v) is 5.76. The lowest BCUT2D eigenvalue weighted by molar-refractivity contribution is -0.119. The highest BCUT2D eigenvalue weighted by Crippen LogP contribution is 2.15. The molecule has 1 rings (SSSR count). The maximum absolute atomic E-state index is 10.8. The van der Waals surface area contributed by atoms with Gasteiger partial charge in [0.25, 0.3) is 0 Å². The summed E-state index contributed by atoms with van der Waals surface area (Å²) >= 11 is 2.19. The van der Waals surface area contributed by atoms with Gasteiger partial charge in [0, 0.05) is 17.0 Å². The number of benzene rings is 1. The molecule has 0 aliphatic heterocycles. The third-order valence-corrected chi connectivity index (χ3v) is 2.98. The van der Waals surface area contributed by atoms with Crippen LogP contribution < -0.4 is 5.32 Å². The molecule has 0 aromatic heterocycles. The lowest BCUT2D eigenvalue weighted by Gasteiger charge is -2.06. The number of carbonyl (C=O) groups excluding carboxylic acids is 2. The van der Waals surface area contributed by atoms with E-state index in [2.05, 4.69) is 32.9 Å². The van der Waals surface area contributed by atoms with Crippen molar-refractivity contribution in [2.24, 2.45) is 4.99 Å². The molecule has 0 bridgehead atoms. The molecule has 0 atom stereocenters. The van der Waals surface area contributed by atoms with Crippen molar-refractivity contribution in [3.63, 3.8) is 0 Å². The zero-order valence-corrected chi connectivity index (χ0v) is 10.9. The molecule has 0 saturated carbocycles. The number of carbonyl (C=O) groups is 1. The SMILES string of the molecule is CC(=O)NCc1ccc(CN=C=O)cc1I. The van der Waals surface area contributed by atoms with Gasteiger partial charge in [-0.2, -0.15) is 0 Å². The first-order chi connectivity index (χ1) is 7.63. The fraction of sp³-hybridized carbons (Fsp3) is 0.273. The normalized spacial score (nSPS) is 9.38. The molecule has 0 spiro atoms. The van der Waals surface area contributed by atoms with E-state index in [1.54, 1.807) is 0 Å². The largest absolute Gasteiger partial charge is 0.352 e. The number of hydrogen-bond acceptors (Lipinski definition) is 3. The number of halogens is 1. The highest BCUT2D eigenvalue weighted by molar-refractivity contribution is 14.1. The Kier molecular flexibility index (Phi) is 5.14. The van der Waals surface area contributed by atoms with Crippen molar-refractivity contribution in [3.8, 4) is 0 Å². The number of amides is 1. The van der Waals surface area contributed by atoms with Crippen molar-refractivity contribution in [2.75, 3.05) is 0 Å². The standard InChI is InChI=1S/C11H11IN2O2/c1-8(16)14-6-10-3-2-9(4-11(10)12)5-13-7-15/h2-4H,5-6H2,1H3,(H,14,16). The van der Waals surface area contributed by atoms with Gasteiger partial charge >= 0.3 is 0 Å². The van der Waals surface area contributed by atoms with Gasteiger partial charge in [-0.05, 0) is 39.8 Å². The Hall–Kier alpha value is -1.20. The molecule has 0 aliphatic rings. The highest BCUT2D eigenvalue weighted by Gasteiger charge is 2.02. The summed E-state index contributed by atoms with van der Waals surface area (Å²) in [6.45, 7) is 2.35. The summed E-state index contributed by atoms with van der Waals surface area (Å²) in [7, 11) is 0. The Morgan fingerprint density at radius 2 is 2.31 bits per heavy atom. The smallest absolute Gasteiger partial charge is 0.235 e. The Bertz CT molecular complexity index is 440. The summed E-state index contributed by atoms with van der Waals surface area (Å²) < 4.78 is 1.05. The highest BCUT2D eigenvalue weighted by atomic mass is 127. The van der Waals surface area contributed by atoms with Crippen molar-refractivity contribution >= 4 is 34.6 Å². The molecule has 4 nitrogen and oxygen atoms in total. The molecule has 0 saturated heterocycles. The minimum Gasteiger partial charge on any atom is -0.352 e. The van der Waals surface area contributed by atoms with Crippen LogP contribution in [0.3, 0.4) is 0 Å². The van der Waals surface area contributed by atoms with Gasteiger partial charge in [-0.3, -0.25) is 4.79 Å². The van der Waals surface area contributed by atoms with Crippen molar-refractivity contribution in [1.29, 1.82) is 0 Å². The number of rotatable bonds is 4. The molecule has 5 heteroatoms. The van der Waals surface area contributed by atoms with E-state index in [9.17, 15) is 9.59 Å². The summed E-state index contributed by atoms with van der Waals surface area (Å²) in [5.41, 5.74) is 2.01. The lowest BCUT2D eigenvalue weighted by Crippen LogP contribution is -2.19. The molecule has 0 aliphatic carbocycles. The fourth-order valence-electron chi connectivity index (χ4n) is 1.18. The average Bonchev–Trinajstić information content (AvgIpc) is 2.24. The van der Waals surface area contributed by atoms with Gasteiger partial charge in [0.1, 0.15) is 0 Å². The van der Waals surface area contributed by atoms with Gasteiger partial charge in [0.05, 0.1) is 6.54 Å². The zero-order valence-electron chi connectivity index (χ0n) is 8.79. The number of aliphatic imine (C=N–C) groups is 1. The van der Waals surface area contributed by atoms with Crippen molar-refractivity contribution in [1.82, 2.24) is 5.32 Å². The van der Waals surface area contributed by atoms with E-state index in [4.69, 9.17) is 0 Å². The van der Waals surface area contributed by atoms with Crippen LogP contribution in [0, 0.1) is 3.57 Å². The van der Waals surface area contributed by atoms with Gasteiger partial charge in [0.15, 0.2) is 0 Å². The van der Waals surface area contributed by atoms with Gasteiger partial charge in [-0.15, -0.1) is 0 Å². The second-order valence-electron chi connectivity index (χ2n) is 3.24. The maximum atomic E-state index is 10.8. The predicted octanol–water partition coefficient (Wildman–Crippen LogP) is 1.76. The molecule has 1 amide bonds. The Morgan fingerprint density at radius 3 is 2.88 bits per heavy atom. The van der Waals surface area contributed by atoms with Gasteiger partial charge in [-0.1, -0.05) is 12.1 Å². The third kappa shape index (κ3) is 4.12. The van der Waals surface area contributed by atoms with Crippen LogP contribution in [-0.2, 0) is 22.7 Å². The summed E-state index contributed by atoms with van der Waals surface area (Å²) in [6, 6.07) is 5.76. The van der Waals surface area contributed by atoms with Crippen LogP contribution in [0.1, 0.15) is 18.1 Å². The van der Waals surface area contributed by atoms with E-state index in [1.807, 2.05) is 18.2 Å². The van der Waals surface area contributed by atoms with E-state index in [0.717, 1.165) is 14.7 Å². The van der Waals surface area contributed by atoms with Crippen molar-refractivity contribution < 1.29 is 9.59 Å². The number of isocyanates is 1. The van der Waals surface area contributed by atoms with E-state index in [1.165, 1.54) is 13.0 Å². The Labute approximate surface area is 107 Å². The minimum absolute atomic E-state index is 0.0505. The average molecular weight is 330 g/mol. The zero-order chi connectivity index (χ0) is 12.0. The molecule has 0 radical (unpaired) electrons. The minimum atomic E-state index is -0.0505. The fourth-order valence-corrected chi connectivity index (χ4v) is 1.95. The van der Waals surface area contributed by atoms with Gasteiger partial charge < -0.3 is 5.32 Å². The number of nitrogens with one attached hydrogen (secondary N) is 1. The first-order valence-electron chi connectivity index (χ1n) is 4.69. The summed E-state index contributed by atoms with van der Waals surface area (Å²) in [5, 5.41) is 2.74. The number of hydrogen-bond donors (Lipinski definition) is 1. The van der Waals surface area contributed by atoms with Gasteiger partial charge in [0.2, 0.25) is 12.0 Å². The molecule has 16 heavy (non-hydrogen) atoms. The monoisotopic (exact) mass is 330 g/mol. The van der Waals surface area contributed by atoms with Crippen molar-refractivity contribution in [2.45, 2.75) is 20.0 Å². The molecule has 1 N–H and O–H groups in total. The second-order valence-corrected chi connectivity index (χ2v) is 4.41. The van der Waals surface area contributed by atoms with E-state index in [-0.39, 0.29) is 5.91 Å².